The summed E-state index contributed by atoms with van der Waals surface area (Å²) in [4.78, 5) is 22.8. The highest BCUT2D eigenvalue weighted by atomic mass is 16.4. The molecule has 0 aromatic carbocycles. The van der Waals surface area contributed by atoms with Crippen LogP contribution in [0.15, 0.2) is 12.2 Å². The highest BCUT2D eigenvalue weighted by Crippen LogP contribution is 2.43. The van der Waals surface area contributed by atoms with Gasteiger partial charge in [0.2, 0.25) is 5.91 Å². The molecule has 0 aromatic rings. The fourth-order valence-corrected chi connectivity index (χ4v) is 2.84. The van der Waals surface area contributed by atoms with Gasteiger partial charge < -0.3 is 10.4 Å². The van der Waals surface area contributed by atoms with Crippen molar-refractivity contribution < 1.29 is 14.7 Å². The Morgan fingerprint density at radius 3 is 2.65 bits per heavy atom. The van der Waals surface area contributed by atoms with Crippen LogP contribution in [0.1, 0.15) is 26.2 Å². The van der Waals surface area contributed by atoms with E-state index in [9.17, 15) is 9.59 Å². The molecule has 2 N–H and O–H groups in total. The number of nitrogens with one attached hydrogen (secondary N) is 1. The molecule has 2 aliphatic rings. The Hall–Kier alpha value is -1.32. The summed E-state index contributed by atoms with van der Waals surface area (Å²) in [6.07, 6.45) is 6.89. The molecule has 4 heteroatoms. The van der Waals surface area contributed by atoms with Gasteiger partial charge in [0.25, 0.3) is 0 Å². The fraction of sp³-hybridized carbons (Fsp3) is 0.692. The van der Waals surface area contributed by atoms with Crippen molar-refractivity contribution in [2.24, 2.45) is 23.7 Å². The number of rotatable bonds is 5. The van der Waals surface area contributed by atoms with Crippen LogP contribution in [-0.4, -0.2) is 23.5 Å². The zero-order valence-corrected chi connectivity index (χ0v) is 10.1. The number of hydrogen-bond donors (Lipinski definition) is 2. The molecule has 0 aromatic heterocycles. The Balaban J connectivity index is 1.82. The lowest BCUT2D eigenvalue weighted by molar-refractivity contribution is -0.141. The van der Waals surface area contributed by atoms with E-state index in [1.54, 1.807) is 0 Å². The minimum absolute atomic E-state index is 0.0292. The predicted molar refractivity (Wildman–Crippen MR) is 63.3 cm³/mol. The lowest BCUT2D eigenvalue weighted by Crippen LogP contribution is -2.37. The lowest BCUT2D eigenvalue weighted by atomic mass is 9.92. The van der Waals surface area contributed by atoms with E-state index in [2.05, 4.69) is 17.5 Å². The summed E-state index contributed by atoms with van der Waals surface area (Å²) in [5, 5.41) is 11.7. The summed E-state index contributed by atoms with van der Waals surface area (Å²) in [6.45, 7) is 2.08. The standard InChI is InChI=1S/C13H19NO3/c1-2-9(13(16)17)7-14-12(15)11-6-8-3-4-10(11)5-8/h3-4,8-11H,2,5-7H2,1H3,(H,14,15)(H,16,17). The molecule has 4 atom stereocenters. The topological polar surface area (TPSA) is 66.4 Å². The van der Waals surface area contributed by atoms with Gasteiger partial charge in [-0.05, 0) is 31.1 Å². The Morgan fingerprint density at radius 1 is 1.41 bits per heavy atom. The number of carbonyl (C=O) groups is 2. The van der Waals surface area contributed by atoms with Crippen LogP contribution in [-0.2, 0) is 9.59 Å². The van der Waals surface area contributed by atoms with Gasteiger partial charge in [-0.25, -0.2) is 0 Å². The van der Waals surface area contributed by atoms with Crippen molar-refractivity contribution in [1.82, 2.24) is 5.32 Å². The third-order valence-corrected chi connectivity index (χ3v) is 3.98. The van der Waals surface area contributed by atoms with Crippen LogP contribution < -0.4 is 5.32 Å². The molecule has 2 rings (SSSR count). The van der Waals surface area contributed by atoms with Crippen LogP contribution in [0.5, 0.6) is 0 Å². The summed E-state index contributed by atoms with van der Waals surface area (Å²) in [5.41, 5.74) is 0. The van der Waals surface area contributed by atoms with Crippen molar-refractivity contribution in [3.63, 3.8) is 0 Å². The summed E-state index contributed by atoms with van der Waals surface area (Å²) in [7, 11) is 0. The maximum absolute atomic E-state index is 11.9. The lowest BCUT2D eigenvalue weighted by Gasteiger charge is -2.19. The SMILES string of the molecule is CCC(CNC(=O)C1CC2C=CC1C2)C(=O)O. The second-order valence-corrected chi connectivity index (χ2v) is 5.08. The number of aliphatic carboxylic acids is 1. The van der Waals surface area contributed by atoms with E-state index in [0.717, 1.165) is 12.8 Å². The second kappa shape index (κ2) is 4.90. The number of fused-ring (bicyclic) bond motifs is 2. The van der Waals surface area contributed by atoms with E-state index in [0.29, 0.717) is 18.3 Å². The first kappa shape index (κ1) is 12.1. The highest BCUT2D eigenvalue weighted by molar-refractivity contribution is 5.80. The minimum atomic E-state index is -0.833. The number of carboxylic acid groups (broad SMARTS) is 1. The molecule has 0 heterocycles. The van der Waals surface area contributed by atoms with Crippen LogP contribution in [0.3, 0.4) is 0 Å². The van der Waals surface area contributed by atoms with E-state index in [-0.39, 0.29) is 18.4 Å². The summed E-state index contributed by atoms with van der Waals surface area (Å²) in [6, 6.07) is 0. The molecule has 0 saturated heterocycles. The molecule has 0 radical (unpaired) electrons. The van der Waals surface area contributed by atoms with Crippen molar-refractivity contribution in [2.75, 3.05) is 6.54 Å². The number of carboxylic acids is 1. The number of amides is 1. The quantitative estimate of drug-likeness (QED) is 0.711. The van der Waals surface area contributed by atoms with E-state index in [1.807, 2.05) is 6.92 Å². The molecule has 2 aliphatic carbocycles. The van der Waals surface area contributed by atoms with E-state index < -0.39 is 11.9 Å². The van der Waals surface area contributed by atoms with Gasteiger partial charge in [-0.2, -0.15) is 0 Å². The average molecular weight is 237 g/mol. The highest BCUT2D eigenvalue weighted by Gasteiger charge is 2.39. The normalized spacial score (nSPS) is 31.5. The van der Waals surface area contributed by atoms with Crippen molar-refractivity contribution in [1.29, 1.82) is 0 Å². The first-order chi connectivity index (χ1) is 8.11. The monoisotopic (exact) mass is 237 g/mol. The maximum atomic E-state index is 11.9. The largest absolute Gasteiger partial charge is 0.481 e. The minimum Gasteiger partial charge on any atom is -0.481 e. The zero-order valence-electron chi connectivity index (χ0n) is 10.1. The molecule has 2 bridgehead atoms. The van der Waals surface area contributed by atoms with Gasteiger partial charge in [-0.15, -0.1) is 0 Å². The van der Waals surface area contributed by atoms with Crippen molar-refractivity contribution in [3.8, 4) is 0 Å². The first-order valence-electron chi connectivity index (χ1n) is 6.30. The number of carbonyl (C=O) groups excluding carboxylic acids is 1. The van der Waals surface area contributed by atoms with Crippen LogP contribution in [0.4, 0.5) is 0 Å². The smallest absolute Gasteiger partial charge is 0.308 e. The van der Waals surface area contributed by atoms with Gasteiger partial charge >= 0.3 is 5.97 Å². The molecule has 4 unspecified atom stereocenters. The van der Waals surface area contributed by atoms with Crippen LogP contribution in [0, 0.1) is 23.7 Å². The molecule has 0 aliphatic heterocycles. The van der Waals surface area contributed by atoms with Crippen molar-refractivity contribution in [2.45, 2.75) is 26.2 Å². The van der Waals surface area contributed by atoms with E-state index >= 15 is 0 Å². The molecule has 4 nitrogen and oxygen atoms in total. The first-order valence-corrected chi connectivity index (χ1v) is 6.30. The summed E-state index contributed by atoms with van der Waals surface area (Å²) >= 11 is 0. The second-order valence-electron chi connectivity index (χ2n) is 5.08. The molecule has 1 fully saturated rings. The number of allylic oxidation sites excluding steroid dienone is 2. The molecular weight excluding hydrogens is 218 g/mol. The molecule has 1 amide bonds. The molecule has 94 valence electrons. The molecule has 1 saturated carbocycles. The van der Waals surface area contributed by atoms with Crippen molar-refractivity contribution in [3.05, 3.63) is 12.2 Å². The Kier molecular flexibility index (Phi) is 3.50. The Bertz CT molecular complexity index is 351. The van der Waals surface area contributed by atoms with Gasteiger partial charge in [-0.3, -0.25) is 9.59 Å². The number of hydrogen-bond acceptors (Lipinski definition) is 2. The summed E-state index contributed by atoms with van der Waals surface area (Å²) < 4.78 is 0. The summed E-state index contributed by atoms with van der Waals surface area (Å²) in [5.74, 6) is -0.256. The fourth-order valence-electron chi connectivity index (χ4n) is 2.84. The Labute approximate surface area is 101 Å². The molecule has 17 heavy (non-hydrogen) atoms. The Morgan fingerprint density at radius 2 is 2.18 bits per heavy atom. The van der Waals surface area contributed by atoms with E-state index in [4.69, 9.17) is 5.11 Å². The van der Waals surface area contributed by atoms with Gasteiger partial charge in [0.15, 0.2) is 0 Å². The van der Waals surface area contributed by atoms with E-state index in [1.165, 1.54) is 0 Å². The maximum Gasteiger partial charge on any atom is 0.308 e. The van der Waals surface area contributed by atoms with Crippen LogP contribution >= 0.6 is 0 Å². The van der Waals surface area contributed by atoms with Crippen molar-refractivity contribution >= 4 is 11.9 Å². The van der Waals surface area contributed by atoms with Gasteiger partial charge in [0, 0.05) is 12.5 Å². The third kappa shape index (κ3) is 2.51. The van der Waals surface area contributed by atoms with Crippen LogP contribution in [0.2, 0.25) is 0 Å². The van der Waals surface area contributed by atoms with Gasteiger partial charge in [0.05, 0.1) is 5.92 Å². The van der Waals surface area contributed by atoms with Gasteiger partial charge in [-0.1, -0.05) is 19.1 Å². The van der Waals surface area contributed by atoms with Crippen LogP contribution in [0.25, 0.3) is 0 Å². The molecular formula is C13H19NO3. The predicted octanol–water partition coefficient (Wildman–Crippen LogP) is 1.43. The third-order valence-electron chi connectivity index (χ3n) is 3.98. The zero-order chi connectivity index (χ0) is 12.4. The van der Waals surface area contributed by atoms with Gasteiger partial charge in [0.1, 0.15) is 0 Å². The average Bonchev–Trinajstić information content (AvgIpc) is 2.90. The molecule has 0 spiro atoms.